The van der Waals surface area contributed by atoms with Gasteiger partial charge in [0.1, 0.15) is 5.75 Å². The normalized spacial score (nSPS) is 10.1. The highest BCUT2D eigenvalue weighted by molar-refractivity contribution is 5.89. The van der Waals surface area contributed by atoms with Crippen molar-refractivity contribution in [2.75, 3.05) is 13.7 Å². The number of methoxy groups -OCH3 is 1. The highest BCUT2D eigenvalue weighted by Crippen LogP contribution is 2.12. The average Bonchev–Trinajstić information content (AvgIpc) is 2.49. The van der Waals surface area contributed by atoms with E-state index in [2.05, 4.69) is 4.74 Å². The van der Waals surface area contributed by atoms with Crippen molar-refractivity contribution in [1.29, 1.82) is 0 Å². The van der Waals surface area contributed by atoms with E-state index in [9.17, 15) is 4.79 Å². The first-order valence-corrected chi connectivity index (χ1v) is 6.56. The Morgan fingerprint density at radius 3 is 2.25 bits per heavy atom. The van der Waals surface area contributed by atoms with Gasteiger partial charge in [-0.15, -0.1) is 0 Å². The molecule has 2 aromatic carbocycles. The van der Waals surface area contributed by atoms with Gasteiger partial charge < -0.3 is 9.47 Å². The van der Waals surface area contributed by atoms with Gasteiger partial charge in [0, 0.05) is 6.42 Å². The van der Waals surface area contributed by atoms with Crippen LogP contribution in [0.3, 0.4) is 0 Å². The van der Waals surface area contributed by atoms with E-state index < -0.39 is 0 Å². The molecule has 0 fully saturated rings. The zero-order valence-corrected chi connectivity index (χ0v) is 11.8. The summed E-state index contributed by atoms with van der Waals surface area (Å²) < 4.78 is 10.3. The number of esters is 1. The van der Waals surface area contributed by atoms with E-state index in [0.29, 0.717) is 12.2 Å². The maximum atomic E-state index is 11.3. The number of carbonyl (C=O) groups is 1. The van der Waals surface area contributed by atoms with Crippen molar-refractivity contribution in [3.63, 3.8) is 0 Å². The van der Waals surface area contributed by atoms with Crippen molar-refractivity contribution >= 4 is 5.97 Å². The van der Waals surface area contributed by atoms with Crippen LogP contribution in [0.1, 0.15) is 21.5 Å². The van der Waals surface area contributed by atoms with E-state index in [1.54, 1.807) is 12.1 Å². The molecule has 0 amide bonds. The van der Waals surface area contributed by atoms with E-state index in [4.69, 9.17) is 4.74 Å². The molecule has 2 rings (SSSR count). The van der Waals surface area contributed by atoms with E-state index in [-0.39, 0.29) is 5.97 Å². The lowest BCUT2D eigenvalue weighted by Crippen LogP contribution is -2.03. The molecule has 0 aliphatic rings. The Labute approximate surface area is 119 Å². The standard InChI is InChI=1S/C17H18O3/c1-13-3-9-16(10-4-13)20-12-11-14-5-7-15(8-6-14)17(18)19-2/h3-10H,11-12H2,1-2H3. The van der Waals surface area contributed by atoms with Gasteiger partial charge in [0.15, 0.2) is 0 Å². The highest BCUT2D eigenvalue weighted by atomic mass is 16.5. The first kappa shape index (κ1) is 14.1. The van der Waals surface area contributed by atoms with Gasteiger partial charge in [-0.2, -0.15) is 0 Å². The van der Waals surface area contributed by atoms with E-state index in [1.165, 1.54) is 12.7 Å². The first-order valence-electron chi connectivity index (χ1n) is 6.56. The molecule has 0 bridgehead atoms. The minimum atomic E-state index is -0.313. The Morgan fingerprint density at radius 2 is 1.65 bits per heavy atom. The molecule has 0 saturated carbocycles. The second-order valence-corrected chi connectivity index (χ2v) is 4.60. The number of hydrogen-bond donors (Lipinski definition) is 0. The lowest BCUT2D eigenvalue weighted by atomic mass is 10.1. The minimum Gasteiger partial charge on any atom is -0.493 e. The van der Waals surface area contributed by atoms with Crippen LogP contribution in [0.5, 0.6) is 5.75 Å². The zero-order valence-electron chi connectivity index (χ0n) is 11.8. The van der Waals surface area contributed by atoms with Gasteiger partial charge in [0.05, 0.1) is 19.3 Å². The molecule has 0 unspecified atom stereocenters. The summed E-state index contributed by atoms with van der Waals surface area (Å²) in [5, 5.41) is 0. The second-order valence-electron chi connectivity index (χ2n) is 4.60. The van der Waals surface area contributed by atoms with E-state index >= 15 is 0 Å². The maximum absolute atomic E-state index is 11.3. The van der Waals surface area contributed by atoms with Crippen LogP contribution in [0.25, 0.3) is 0 Å². The summed E-state index contributed by atoms with van der Waals surface area (Å²) in [7, 11) is 1.38. The van der Waals surface area contributed by atoms with Gasteiger partial charge in [-0.05, 0) is 36.8 Å². The van der Waals surface area contributed by atoms with E-state index in [1.807, 2.05) is 43.3 Å². The molecule has 104 valence electrons. The lowest BCUT2D eigenvalue weighted by molar-refractivity contribution is 0.0600. The van der Waals surface area contributed by atoms with Crippen LogP contribution >= 0.6 is 0 Å². The van der Waals surface area contributed by atoms with Crippen LogP contribution in [0.4, 0.5) is 0 Å². The van der Waals surface area contributed by atoms with Gasteiger partial charge in [-0.1, -0.05) is 29.8 Å². The van der Waals surface area contributed by atoms with Gasteiger partial charge in [0.25, 0.3) is 0 Å². The molecule has 0 aliphatic carbocycles. The molecule has 3 nitrogen and oxygen atoms in total. The molecule has 2 aromatic rings. The molecule has 0 heterocycles. The summed E-state index contributed by atoms with van der Waals surface area (Å²) in [6, 6.07) is 15.4. The molecule has 20 heavy (non-hydrogen) atoms. The molecule has 0 aliphatic heterocycles. The largest absolute Gasteiger partial charge is 0.493 e. The molecule has 0 aromatic heterocycles. The van der Waals surface area contributed by atoms with Crippen LogP contribution in [0.15, 0.2) is 48.5 Å². The Morgan fingerprint density at radius 1 is 1.00 bits per heavy atom. The third kappa shape index (κ3) is 3.85. The van der Waals surface area contributed by atoms with Crippen LogP contribution in [-0.4, -0.2) is 19.7 Å². The summed E-state index contributed by atoms with van der Waals surface area (Å²) in [5.41, 5.74) is 2.91. The first-order chi connectivity index (χ1) is 9.69. The van der Waals surface area contributed by atoms with Crippen LogP contribution < -0.4 is 4.74 Å². The average molecular weight is 270 g/mol. The van der Waals surface area contributed by atoms with Crippen LogP contribution in [0.2, 0.25) is 0 Å². The summed E-state index contributed by atoms with van der Waals surface area (Å²) >= 11 is 0. The predicted octanol–water partition coefficient (Wildman–Crippen LogP) is 3.40. The third-order valence-electron chi connectivity index (χ3n) is 3.06. The molecular formula is C17H18O3. The molecule has 0 saturated heterocycles. The van der Waals surface area contributed by atoms with Gasteiger partial charge in [0.2, 0.25) is 0 Å². The van der Waals surface area contributed by atoms with Crippen molar-refractivity contribution in [2.24, 2.45) is 0 Å². The molecule has 3 heteroatoms. The number of hydrogen-bond acceptors (Lipinski definition) is 3. The van der Waals surface area contributed by atoms with Gasteiger partial charge >= 0.3 is 5.97 Å². The molecule has 0 radical (unpaired) electrons. The Bertz CT molecular complexity index is 556. The van der Waals surface area contributed by atoms with Gasteiger partial charge in [-0.3, -0.25) is 0 Å². The second kappa shape index (κ2) is 6.75. The fourth-order valence-corrected chi connectivity index (χ4v) is 1.85. The zero-order chi connectivity index (χ0) is 14.4. The number of carbonyl (C=O) groups excluding carboxylic acids is 1. The summed E-state index contributed by atoms with van der Waals surface area (Å²) in [5.74, 6) is 0.564. The topological polar surface area (TPSA) is 35.5 Å². The van der Waals surface area contributed by atoms with Crippen molar-refractivity contribution in [3.8, 4) is 5.75 Å². The summed E-state index contributed by atoms with van der Waals surface area (Å²) in [4.78, 5) is 11.3. The number of aryl methyl sites for hydroxylation is 1. The van der Waals surface area contributed by atoms with Crippen molar-refractivity contribution < 1.29 is 14.3 Å². The van der Waals surface area contributed by atoms with Crippen molar-refractivity contribution in [1.82, 2.24) is 0 Å². The smallest absolute Gasteiger partial charge is 0.337 e. The number of rotatable bonds is 5. The molecule has 0 N–H and O–H groups in total. The number of benzene rings is 2. The fraction of sp³-hybridized carbons (Fsp3) is 0.235. The summed E-state index contributed by atoms with van der Waals surface area (Å²) in [6.07, 6.45) is 0.801. The Kier molecular flexibility index (Phi) is 4.77. The fourth-order valence-electron chi connectivity index (χ4n) is 1.85. The van der Waals surface area contributed by atoms with Crippen LogP contribution in [0, 0.1) is 6.92 Å². The molecular weight excluding hydrogens is 252 g/mol. The minimum absolute atomic E-state index is 0.313. The lowest BCUT2D eigenvalue weighted by Gasteiger charge is -2.07. The van der Waals surface area contributed by atoms with Gasteiger partial charge in [-0.25, -0.2) is 4.79 Å². The molecule has 0 atom stereocenters. The predicted molar refractivity (Wildman–Crippen MR) is 78.2 cm³/mol. The van der Waals surface area contributed by atoms with E-state index in [0.717, 1.165) is 17.7 Å². The maximum Gasteiger partial charge on any atom is 0.337 e. The van der Waals surface area contributed by atoms with Crippen molar-refractivity contribution in [3.05, 3.63) is 65.2 Å². The quantitative estimate of drug-likeness (QED) is 0.781. The SMILES string of the molecule is COC(=O)c1ccc(CCOc2ccc(C)cc2)cc1. The Hall–Kier alpha value is -2.29. The highest BCUT2D eigenvalue weighted by Gasteiger charge is 2.04. The van der Waals surface area contributed by atoms with Crippen LogP contribution in [-0.2, 0) is 11.2 Å². The number of ether oxygens (including phenoxy) is 2. The monoisotopic (exact) mass is 270 g/mol. The molecule has 0 spiro atoms. The Balaban J connectivity index is 1.85. The third-order valence-corrected chi connectivity index (χ3v) is 3.06. The van der Waals surface area contributed by atoms with Crippen molar-refractivity contribution in [2.45, 2.75) is 13.3 Å². The summed E-state index contributed by atoms with van der Waals surface area (Å²) in [6.45, 7) is 2.66.